The van der Waals surface area contributed by atoms with Crippen LogP contribution in [0.4, 0.5) is 0 Å². The van der Waals surface area contributed by atoms with Crippen LogP contribution in [-0.4, -0.2) is 60.9 Å². The first-order valence-corrected chi connectivity index (χ1v) is 8.81. The molecule has 5 nitrogen and oxygen atoms in total. The van der Waals surface area contributed by atoms with E-state index in [9.17, 15) is 9.59 Å². The Morgan fingerprint density at radius 2 is 1.68 bits per heavy atom. The number of nitrogens with one attached hydrogen (secondary N) is 1. The van der Waals surface area contributed by atoms with E-state index in [2.05, 4.69) is 24.1 Å². The lowest BCUT2D eigenvalue weighted by Crippen LogP contribution is -2.43. The van der Waals surface area contributed by atoms with E-state index in [4.69, 9.17) is 0 Å². The summed E-state index contributed by atoms with van der Waals surface area (Å²) in [5.74, 6) is 1.28. The Hall–Kier alpha value is -1.10. The summed E-state index contributed by atoms with van der Waals surface area (Å²) >= 11 is 0. The number of piperidine rings is 1. The normalized spacial score (nSPS) is 26.2. The fourth-order valence-electron chi connectivity index (χ4n) is 3.69. The highest BCUT2D eigenvalue weighted by Gasteiger charge is 2.25. The van der Waals surface area contributed by atoms with Crippen LogP contribution in [0.2, 0.25) is 0 Å². The van der Waals surface area contributed by atoms with Crippen molar-refractivity contribution in [3.63, 3.8) is 0 Å². The van der Waals surface area contributed by atoms with Crippen molar-refractivity contribution in [2.45, 2.75) is 46.0 Å². The maximum Gasteiger partial charge on any atom is 0.223 e. The van der Waals surface area contributed by atoms with Gasteiger partial charge in [0.2, 0.25) is 11.8 Å². The van der Waals surface area contributed by atoms with E-state index in [1.807, 2.05) is 4.90 Å². The van der Waals surface area contributed by atoms with Crippen molar-refractivity contribution in [2.24, 2.45) is 11.8 Å². The summed E-state index contributed by atoms with van der Waals surface area (Å²) in [6.45, 7) is 10.0. The van der Waals surface area contributed by atoms with E-state index < -0.39 is 0 Å². The summed E-state index contributed by atoms with van der Waals surface area (Å²) in [5, 5.41) is 2.93. The van der Waals surface area contributed by atoms with Gasteiger partial charge in [0.25, 0.3) is 0 Å². The molecule has 0 unspecified atom stereocenters. The van der Waals surface area contributed by atoms with E-state index in [1.165, 1.54) is 19.3 Å². The van der Waals surface area contributed by atoms with E-state index in [-0.39, 0.29) is 11.8 Å². The van der Waals surface area contributed by atoms with E-state index >= 15 is 0 Å². The van der Waals surface area contributed by atoms with Crippen molar-refractivity contribution in [1.82, 2.24) is 15.1 Å². The zero-order chi connectivity index (χ0) is 15.9. The highest BCUT2D eigenvalue weighted by atomic mass is 16.2. The molecule has 0 aromatic carbocycles. The predicted octanol–water partition coefficient (Wildman–Crippen LogP) is 1.48. The molecule has 0 aromatic rings. The zero-order valence-corrected chi connectivity index (χ0v) is 14.1. The van der Waals surface area contributed by atoms with Gasteiger partial charge in [-0.3, -0.25) is 9.59 Å². The molecule has 1 N–H and O–H groups in total. The lowest BCUT2D eigenvalue weighted by atomic mass is 9.91. The van der Waals surface area contributed by atoms with Crippen molar-refractivity contribution in [3.05, 3.63) is 0 Å². The second kappa shape index (κ2) is 8.51. The van der Waals surface area contributed by atoms with E-state index in [1.54, 1.807) is 0 Å². The zero-order valence-electron chi connectivity index (χ0n) is 14.1. The molecule has 126 valence electrons. The fourth-order valence-corrected chi connectivity index (χ4v) is 3.69. The Balaban J connectivity index is 1.59. The van der Waals surface area contributed by atoms with Gasteiger partial charge in [0.1, 0.15) is 0 Å². The quantitative estimate of drug-likeness (QED) is 0.808. The molecule has 0 saturated carbocycles. The number of carbonyl (C=O) groups excluding carboxylic acids is 2. The molecule has 2 heterocycles. The second-order valence-electron chi connectivity index (χ2n) is 7.14. The summed E-state index contributed by atoms with van der Waals surface area (Å²) in [6.07, 6.45) is 4.40. The Labute approximate surface area is 134 Å². The molecule has 2 saturated heterocycles. The van der Waals surface area contributed by atoms with Crippen molar-refractivity contribution in [1.29, 1.82) is 0 Å². The molecule has 0 aromatic heterocycles. The lowest BCUT2D eigenvalue weighted by molar-refractivity contribution is -0.135. The molecule has 2 rings (SSSR count). The number of nitrogens with zero attached hydrogens (tertiary/aromatic N) is 2. The summed E-state index contributed by atoms with van der Waals surface area (Å²) in [6, 6.07) is 0. The Kier molecular flexibility index (Phi) is 6.68. The first-order chi connectivity index (χ1) is 10.5. The predicted molar refractivity (Wildman–Crippen MR) is 87.4 cm³/mol. The monoisotopic (exact) mass is 309 g/mol. The number of hydrogen-bond donors (Lipinski definition) is 1. The first kappa shape index (κ1) is 17.3. The van der Waals surface area contributed by atoms with Crippen LogP contribution < -0.4 is 5.32 Å². The van der Waals surface area contributed by atoms with Gasteiger partial charge >= 0.3 is 0 Å². The maximum atomic E-state index is 12.2. The molecule has 2 aliphatic rings. The summed E-state index contributed by atoms with van der Waals surface area (Å²) < 4.78 is 0. The standard InChI is InChI=1S/C17H31N3O2/c1-14-11-15(2)13-20(12-14)17(22)6-5-16(21)18-7-10-19-8-3-4-9-19/h14-15H,3-13H2,1-2H3,(H,18,21)/t14-,15+. The molecular formula is C17H31N3O2. The summed E-state index contributed by atoms with van der Waals surface area (Å²) in [4.78, 5) is 28.4. The highest BCUT2D eigenvalue weighted by molar-refractivity contribution is 5.83. The molecule has 0 spiro atoms. The molecule has 0 radical (unpaired) electrons. The molecule has 0 bridgehead atoms. The average molecular weight is 309 g/mol. The van der Waals surface area contributed by atoms with Crippen LogP contribution in [0.15, 0.2) is 0 Å². The molecule has 2 amide bonds. The largest absolute Gasteiger partial charge is 0.355 e. The minimum absolute atomic E-state index is 0.00523. The second-order valence-corrected chi connectivity index (χ2v) is 7.14. The van der Waals surface area contributed by atoms with E-state index in [0.717, 1.165) is 32.7 Å². The number of amides is 2. The van der Waals surface area contributed by atoms with Crippen LogP contribution in [0.5, 0.6) is 0 Å². The molecule has 22 heavy (non-hydrogen) atoms. The lowest BCUT2D eigenvalue weighted by Gasteiger charge is -2.35. The van der Waals surface area contributed by atoms with Gasteiger partial charge in [0, 0.05) is 39.0 Å². The Bertz CT molecular complexity index is 370. The molecule has 0 aliphatic carbocycles. The number of likely N-dealkylation sites (tertiary alicyclic amines) is 2. The third-order valence-electron chi connectivity index (χ3n) is 4.74. The number of carbonyl (C=O) groups is 2. The van der Waals surface area contributed by atoms with Crippen LogP contribution in [0.25, 0.3) is 0 Å². The van der Waals surface area contributed by atoms with Gasteiger partial charge in [-0.25, -0.2) is 0 Å². The van der Waals surface area contributed by atoms with Gasteiger partial charge in [-0.1, -0.05) is 13.8 Å². The van der Waals surface area contributed by atoms with Gasteiger partial charge in [0.15, 0.2) is 0 Å². The number of rotatable bonds is 6. The summed E-state index contributed by atoms with van der Waals surface area (Å²) in [5.41, 5.74) is 0. The molecule has 2 fully saturated rings. The highest BCUT2D eigenvalue weighted by Crippen LogP contribution is 2.21. The van der Waals surface area contributed by atoms with Crippen molar-refractivity contribution < 1.29 is 9.59 Å². The fraction of sp³-hybridized carbons (Fsp3) is 0.882. The van der Waals surface area contributed by atoms with Crippen molar-refractivity contribution in [2.75, 3.05) is 39.3 Å². The first-order valence-electron chi connectivity index (χ1n) is 8.81. The Morgan fingerprint density at radius 3 is 2.32 bits per heavy atom. The SMILES string of the molecule is C[C@@H]1C[C@H](C)CN(C(=O)CCC(=O)NCCN2CCCC2)C1. The summed E-state index contributed by atoms with van der Waals surface area (Å²) in [7, 11) is 0. The van der Waals surface area contributed by atoms with Crippen molar-refractivity contribution >= 4 is 11.8 Å². The van der Waals surface area contributed by atoms with Crippen LogP contribution in [0.1, 0.15) is 46.0 Å². The van der Waals surface area contributed by atoms with E-state index in [0.29, 0.717) is 31.2 Å². The third-order valence-corrected chi connectivity index (χ3v) is 4.74. The van der Waals surface area contributed by atoms with Gasteiger partial charge < -0.3 is 15.1 Å². The Morgan fingerprint density at radius 1 is 1.05 bits per heavy atom. The van der Waals surface area contributed by atoms with Crippen LogP contribution in [-0.2, 0) is 9.59 Å². The molecule has 5 heteroatoms. The maximum absolute atomic E-state index is 12.2. The van der Waals surface area contributed by atoms with Gasteiger partial charge in [-0.2, -0.15) is 0 Å². The minimum Gasteiger partial charge on any atom is -0.355 e. The molecular weight excluding hydrogens is 278 g/mol. The van der Waals surface area contributed by atoms with Gasteiger partial charge in [-0.15, -0.1) is 0 Å². The topological polar surface area (TPSA) is 52.7 Å². The van der Waals surface area contributed by atoms with Crippen LogP contribution in [0.3, 0.4) is 0 Å². The van der Waals surface area contributed by atoms with Gasteiger partial charge in [-0.05, 0) is 44.2 Å². The van der Waals surface area contributed by atoms with Crippen LogP contribution in [0, 0.1) is 11.8 Å². The average Bonchev–Trinajstić information content (AvgIpc) is 2.97. The van der Waals surface area contributed by atoms with Crippen molar-refractivity contribution in [3.8, 4) is 0 Å². The molecule has 2 atom stereocenters. The number of hydrogen-bond acceptors (Lipinski definition) is 3. The minimum atomic E-state index is 0.00523. The van der Waals surface area contributed by atoms with Gasteiger partial charge in [0.05, 0.1) is 0 Å². The molecule has 2 aliphatic heterocycles. The van der Waals surface area contributed by atoms with Crippen LogP contribution >= 0.6 is 0 Å². The third kappa shape index (κ3) is 5.59. The smallest absolute Gasteiger partial charge is 0.223 e.